The Balaban J connectivity index is 1.14. The van der Waals surface area contributed by atoms with Crippen molar-refractivity contribution in [3.05, 3.63) is 89.0 Å². The van der Waals surface area contributed by atoms with Crippen LogP contribution in [0.15, 0.2) is 76.7 Å². The topological polar surface area (TPSA) is 52.4 Å². The van der Waals surface area contributed by atoms with E-state index < -0.39 is 0 Å². The lowest BCUT2D eigenvalue weighted by Crippen LogP contribution is -2.17. The van der Waals surface area contributed by atoms with E-state index in [1.165, 1.54) is 62.5 Å². The van der Waals surface area contributed by atoms with Crippen LogP contribution in [-0.2, 0) is 16.1 Å². The minimum atomic E-state index is -0.256. The molecule has 1 saturated carbocycles. The number of hydrogen-bond donors (Lipinski definition) is 0. The van der Waals surface area contributed by atoms with Gasteiger partial charge in [0.05, 0.1) is 11.1 Å². The van der Waals surface area contributed by atoms with Crippen LogP contribution in [-0.4, -0.2) is 36.1 Å². The smallest absolute Gasteiger partial charge is 0.217 e. The van der Waals surface area contributed by atoms with Gasteiger partial charge in [-0.1, -0.05) is 81.0 Å². The van der Waals surface area contributed by atoms with Crippen LogP contribution in [0.2, 0.25) is 0 Å². The molecule has 3 aromatic rings. The number of ether oxygens (including phenoxy) is 3. The molecular formula is C38H46N2O3. The fourth-order valence-corrected chi connectivity index (χ4v) is 6.29. The van der Waals surface area contributed by atoms with Crippen LogP contribution >= 0.6 is 0 Å². The predicted octanol–water partition coefficient (Wildman–Crippen LogP) is 9.26. The summed E-state index contributed by atoms with van der Waals surface area (Å²) < 4.78 is 18.3. The molecule has 0 spiro atoms. The first-order chi connectivity index (χ1) is 20.7. The maximum absolute atomic E-state index is 6.18. The van der Waals surface area contributed by atoms with Crippen molar-refractivity contribution in [1.82, 2.24) is 0 Å². The lowest BCUT2D eigenvalue weighted by Gasteiger charge is -2.17. The lowest BCUT2D eigenvalue weighted by atomic mass is 9.89. The monoisotopic (exact) mass is 578 g/mol. The number of rotatable bonds is 7. The van der Waals surface area contributed by atoms with Crippen LogP contribution in [0, 0.1) is 0 Å². The average Bonchev–Trinajstić information content (AvgIpc) is 3.60. The van der Waals surface area contributed by atoms with Crippen molar-refractivity contribution in [1.29, 1.82) is 0 Å². The second-order valence-corrected chi connectivity index (χ2v) is 13.7. The predicted molar refractivity (Wildman–Crippen MR) is 175 cm³/mol. The van der Waals surface area contributed by atoms with Crippen LogP contribution in [0.5, 0.6) is 5.75 Å². The Labute approximate surface area is 257 Å². The van der Waals surface area contributed by atoms with Crippen molar-refractivity contribution < 1.29 is 14.2 Å². The molecule has 0 amide bonds. The van der Waals surface area contributed by atoms with Gasteiger partial charge < -0.3 is 14.2 Å². The van der Waals surface area contributed by atoms with Gasteiger partial charge in [0, 0.05) is 11.1 Å². The Kier molecular flexibility index (Phi) is 8.61. The molecular weight excluding hydrogens is 532 g/mol. The van der Waals surface area contributed by atoms with Crippen molar-refractivity contribution in [2.75, 3.05) is 13.2 Å². The summed E-state index contributed by atoms with van der Waals surface area (Å²) in [6, 6.07) is 23.8. The van der Waals surface area contributed by atoms with Gasteiger partial charge >= 0.3 is 0 Å². The summed E-state index contributed by atoms with van der Waals surface area (Å²) in [4.78, 5) is 9.69. The van der Waals surface area contributed by atoms with E-state index >= 15 is 0 Å². The van der Waals surface area contributed by atoms with Gasteiger partial charge in [-0.15, -0.1) is 0 Å². The summed E-state index contributed by atoms with van der Waals surface area (Å²) in [6.07, 6.45) is 11.0. The standard InChI is InChI=1S/C38H46N2O3/c1-37(2)25-42-35(39-37)33-22-19-31(23-34(33)36-40-38(3,4)26-43-36)30-17-20-32(21-18-30)41-24-27-13-15-29(16-14-27)28-11-9-7-5-6-8-10-12-28/h13-23,28H,5-12,24-26H2,1-4H3. The Morgan fingerprint density at radius 2 is 1.21 bits per heavy atom. The molecule has 6 rings (SSSR count). The Morgan fingerprint density at radius 1 is 0.651 bits per heavy atom. The Bertz CT molecular complexity index is 1460. The molecule has 0 N–H and O–H groups in total. The van der Waals surface area contributed by atoms with Crippen molar-refractivity contribution in [3.8, 4) is 16.9 Å². The van der Waals surface area contributed by atoms with Crippen LogP contribution in [0.1, 0.15) is 107 Å². The highest BCUT2D eigenvalue weighted by molar-refractivity contribution is 6.09. The van der Waals surface area contributed by atoms with Gasteiger partial charge in [-0.25, -0.2) is 9.98 Å². The normalized spacial score (nSPS) is 20.2. The molecule has 0 unspecified atom stereocenters. The van der Waals surface area contributed by atoms with E-state index in [0.29, 0.717) is 37.5 Å². The van der Waals surface area contributed by atoms with Gasteiger partial charge in [-0.05, 0) is 93.0 Å². The fraction of sp³-hybridized carbons (Fsp3) is 0.474. The largest absolute Gasteiger partial charge is 0.489 e. The molecule has 2 aliphatic heterocycles. The van der Waals surface area contributed by atoms with Crippen molar-refractivity contribution in [3.63, 3.8) is 0 Å². The third-order valence-electron chi connectivity index (χ3n) is 8.81. The molecule has 5 heteroatoms. The van der Waals surface area contributed by atoms with E-state index in [2.05, 4.69) is 82.3 Å². The van der Waals surface area contributed by atoms with Crippen LogP contribution in [0.3, 0.4) is 0 Å². The van der Waals surface area contributed by atoms with E-state index in [9.17, 15) is 0 Å². The third-order valence-corrected chi connectivity index (χ3v) is 8.81. The summed E-state index contributed by atoms with van der Waals surface area (Å²) in [6.45, 7) is 10.0. The molecule has 0 radical (unpaired) electrons. The molecule has 0 aromatic heterocycles. The maximum Gasteiger partial charge on any atom is 0.217 e. The van der Waals surface area contributed by atoms with E-state index in [1.807, 2.05) is 12.1 Å². The molecule has 226 valence electrons. The van der Waals surface area contributed by atoms with Crippen molar-refractivity contribution in [2.45, 2.75) is 103 Å². The van der Waals surface area contributed by atoms with Gasteiger partial charge in [0.1, 0.15) is 25.6 Å². The average molecular weight is 579 g/mol. The molecule has 0 atom stereocenters. The number of aliphatic imine (C=N–C) groups is 2. The minimum absolute atomic E-state index is 0.242. The summed E-state index contributed by atoms with van der Waals surface area (Å²) in [5.41, 5.74) is 6.22. The Hall–Kier alpha value is -3.60. The van der Waals surface area contributed by atoms with E-state index in [-0.39, 0.29) is 11.1 Å². The first-order valence-electron chi connectivity index (χ1n) is 16.2. The quantitative estimate of drug-likeness (QED) is 0.281. The second-order valence-electron chi connectivity index (χ2n) is 13.7. The minimum Gasteiger partial charge on any atom is -0.489 e. The molecule has 1 aliphatic carbocycles. The van der Waals surface area contributed by atoms with Crippen LogP contribution in [0.25, 0.3) is 11.1 Å². The first-order valence-corrected chi connectivity index (χ1v) is 16.2. The number of nitrogens with zero attached hydrogens (tertiary/aromatic N) is 2. The van der Waals surface area contributed by atoms with Gasteiger partial charge in [0.2, 0.25) is 11.8 Å². The van der Waals surface area contributed by atoms with E-state index in [0.717, 1.165) is 28.0 Å². The Morgan fingerprint density at radius 3 is 1.79 bits per heavy atom. The third kappa shape index (κ3) is 7.31. The highest BCUT2D eigenvalue weighted by Gasteiger charge is 2.32. The zero-order valence-electron chi connectivity index (χ0n) is 26.3. The fourth-order valence-electron chi connectivity index (χ4n) is 6.29. The zero-order chi connectivity index (χ0) is 29.9. The summed E-state index contributed by atoms with van der Waals surface area (Å²) >= 11 is 0. The first kappa shape index (κ1) is 29.5. The van der Waals surface area contributed by atoms with Crippen LogP contribution in [0.4, 0.5) is 0 Å². The summed E-state index contributed by atoms with van der Waals surface area (Å²) in [7, 11) is 0. The highest BCUT2D eigenvalue weighted by atomic mass is 16.5. The van der Waals surface area contributed by atoms with Gasteiger partial charge in [0.25, 0.3) is 0 Å². The molecule has 0 saturated heterocycles. The molecule has 43 heavy (non-hydrogen) atoms. The molecule has 5 nitrogen and oxygen atoms in total. The number of hydrogen-bond acceptors (Lipinski definition) is 5. The molecule has 2 heterocycles. The van der Waals surface area contributed by atoms with Gasteiger partial charge in [0.15, 0.2) is 0 Å². The zero-order valence-corrected chi connectivity index (χ0v) is 26.3. The molecule has 3 aliphatic rings. The van der Waals surface area contributed by atoms with Gasteiger partial charge in [-0.2, -0.15) is 0 Å². The van der Waals surface area contributed by atoms with Crippen molar-refractivity contribution in [2.24, 2.45) is 9.98 Å². The number of benzene rings is 3. The molecule has 1 fully saturated rings. The summed E-state index contributed by atoms with van der Waals surface area (Å²) in [5, 5.41) is 0. The lowest BCUT2D eigenvalue weighted by molar-refractivity contribution is 0.277. The molecule has 0 bridgehead atoms. The summed E-state index contributed by atoms with van der Waals surface area (Å²) in [5.74, 6) is 2.87. The second kappa shape index (κ2) is 12.6. The SMILES string of the molecule is CC1(C)COC(c2ccc(-c3ccc(OCc4ccc(C5CCCCCCCC5)cc4)cc3)cc2C2=NC(C)(C)CO2)=N1. The maximum atomic E-state index is 6.18. The highest BCUT2D eigenvalue weighted by Crippen LogP contribution is 2.32. The van der Waals surface area contributed by atoms with Crippen LogP contribution < -0.4 is 4.74 Å². The van der Waals surface area contributed by atoms with Gasteiger partial charge in [-0.3, -0.25) is 0 Å². The van der Waals surface area contributed by atoms with E-state index in [4.69, 9.17) is 24.2 Å². The van der Waals surface area contributed by atoms with Crippen molar-refractivity contribution >= 4 is 11.8 Å². The molecule has 3 aromatic carbocycles. The van der Waals surface area contributed by atoms with E-state index in [1.54, 1.807) is 0 Å².